The number of aromatic nitrogens is 2. The van der Waals surface area contributed by atoms with Crippen LogP contribution in [0.4, 0.5) is 5.69 Å². The SMILES string of the molecule is Nc1cnn(CC(O)CN2CCC(OCCO)CC2)c1. The van der Waals surface area contributed by atoms with Crippen LogP contribution in [0.5, 0.6) is 0 Å². The number of hydrogen-bond acceptors (Lipinski definition) is 6. The lowest BCUT2D eigenvalue weighted by Crippen LogP contribution is -2.42. The number of nitrogens with zero attached hydrogens (tertiary/aromatic N) is 3. The molecule has 20 heavy (non-hydrogen) atoms. The molecule has 0 radical (unpaired) electrons. The number of likely N-dealkylation sites (tertiary alicyclic amines) is 1. The van der Waals surface area contributed by atoms with Crippen LogP contribution in [0.25, 0.3) is 0 Å². The number of β-amino-alcohol motifs (C(OH)–C–C–N with tert-alkyl or cyclic N) is 1. The van der Waals surface area contributed by atoms with E-state index in [4.69, 9.17) is 15.6 Å². The Labute approximate surface area is 118 Å². The molecule has 1 aliphatic rings. The minimum atomic E-state index is -0.454. The molecule has 2 heterocycles. The second-order valence-electron chi connectivity index (χ2n) is 5.24. The Bertz CT molecular complexity index is 391. The van der Waals surface area contributed by atoms with Crippen molar-refractivity contribution < 1.29 is 14.9 Å². The molecule has 1 unspecified atom stereocenters. The predicted octanol–water partition coefficient (Wildman–Crippen LogP) is -0.700. The smallest absolute Gasteiger partial charge is 0.0862 e. The van der Waals surface area contributed by atoms with Crippen molar-refractivity contribution in [3.8, 4) is 0 Å². The number of rotatable bonds is 7. The third-order valence-corrected chi connectivity index (χ3v) is 3.50. The Morgan fingerprint density at radius 3 is 2.75 bits per heavy atom. The molecule has 1 aromatic rings. The maximum absolute atomic E-state index is 10.1. The van der Waals surface area contributed by atoms with Crippen molar-refractivity contribution in [1.82, 2.24) is 14.7 Å². The first kappa shape index (κ1) is 15.2. The molecule has 4 N–H and O–H groups in total. The van der Waals surface area contributed by atoms with Gasteiger partial charge in [-0.25, -0.2) is 0 Å². The lowest BCUT2D eigenvalue weighted by atomic mass is 10.1. The quantitative estimate of drug-likeness (QED) is 0.612. The molecule has 0 bridgehead atoms. The normalized spacial score (nSPS) is 19.3. The third-order valence-electron chi connectivity index (χ3n) is 3.50. The van der Waals surface area contributed by atoms with Gasteiger partial charge in [-0.1, -0.05) is 0 Å². The van der Waals surface area contributed by atoms with Gasteiger partial charge in [0.15, 0.2) is 0 Å². The fourth-order valence-corrected chi connectivity index (χ4v) is 2.53. The standard InChI is InChI=1S/C13H24N4O3/c14-11-7-15-17(8-11)10-12(19)9-16-3-1-13(2-4-16)20-6-5-18/h7-8,12-13,18-19H,1-6,9-10,14H2. The first-order valence-corrected chi connectivity index (χ1v) is 7.08. The predicted molar refractivity (Wildman–Crippen MR) is 75.1 cm³/mol. The summed E-state index contributed by atoms with van der Waals surface area (Å²) in [7, 11) is 0. The van der Waals surface area contributed by atoms with Gasteiger partial charge in [0.1, 0.15) is 0 Å². The number of nitrogens with two attached hydrogens (primary N) is 1. The monoisotopic (exact) mass is 284 g/mol. The highest BCUT2D eigenvalue weighted by Crippen LogP contribution is 2.14. The summed E-state index contributed by atoms with van der Waals surface area (Å²) in [6.07, 6.45) is 4.98. The molecule has 0 aliphatic carbocycles. The molecule has 7 heteroatoms. The van der Waals surface area contributed by atoms with Gasteiger partial charge in [-0.15, -0.1) is 0 Å². The van der Waals surface area contributed by atoms with Gasteiger partial charge in [-0.2, -0.15) is 5.10 Å². The highest BCUT2D eigenvalue weighted by atomic mass is 16.5. The number of piperidine rings is 1. The maximum Gasteiger partial charge on any atom is 0.0862 e. The number of aliphatic hydroxyl groups excluding tert-OH is 2. The van der Waals surface area contributed by atoms with Crippen molar-refractivity contribution in [3.63, 3.8) is 0 Å². The van der Waals surface area contributed by atoms with Crippen LogP contribution in [0.15, 0.2) is 12.4 Å². The third kappa shape index (κ3) is 4.75. The van der Waals surface area contributed by atoms with Crippen molar-refractivity contribution in [2.45, 2.75) is 31.6 Å². The topological polar surface area (TPSA) is 96.8 Å². The summed E-state index contributed by atoms with van der Waals surface area (Å²) in [4.78, 5) is 2.23. The van der Waals surface area contributed by atoms with E-state index in [-0.39, 0.29) is 12.7 Å². The second kappa shape index (κ2) is 7.58. The zero-order chi connectivity index (χ0) is 14.4. The van der Waals surface area contributed by atoms with E-state index in [2.05, 4.69) is 10.00 Å². The number of ether oxygens (including phenoxy) is 1. The minimum Gasteiger partial charge on any atom is -0.396 e. The Kier molecular flexibility index (Phi) is 5.78. The largest absolute Gasteiger partial charge is 0.396 e. The fraction of sp³-hybridized carbons (Fsp3) is 0.769. The zero-order valence-corrected chi connectivity index (χ0v) is 11.7. The molecule has 2 rings (SSSR count). The summed E-state index contributed by atoms with van der Waals surface area (Å²) in [5.74, 6) is 0. The van der Waals surface area contributed by atoms with E-state index in [0.717, 1.165) is 25.9 Å². The number of anilines is 1. The summed E-state index contributed by atoms with van der Waals surface area (Å²) >= 11 is 0. The molecule has 1 aromatic heterocycles. The zero-order valence-electron chi connectivity index (χ0n) is 11.7. The molecule has 0 saturated carbocycles. The van der Waals surface area contributed by atoms with Crippen LogP contribution in [0.2, 0.25) is 0 Å². The average Bonchev–Trinajstić information content (AvgIpc) is 2.83. The summed E-state index contributed by atoms with van der Waals surface area (Å²) in [6, 6.07) is 0. The molecule has 0 aromatic carbocycles. The highest BCUT2D eigenvalue weighted by Gasteiger charge is 2.21. The minimum absolute atomic E-state index is 0.0753. The summed E-state index contributed by atoms with van der Waals surface area (Å²) in [5.41, 5.74) is 6.20. The lowest BCUT2D eigenvalue weighted by molar-refractivity contribution is -0.0159. The van der Waals surface area contributed by atoms with Crippen LogP contribution in [-0.4, -0.2) is 69.9 Å². The van der Waals surface area contributed by atoms with Gasteiger partial charge in [0.05, 0.1) is 43.9 Å². The maximum atomic E-state index is 10.1. The summed E-state index contributed by atoms with van der Waals surface area (Å²) in [5, 5.41) is 22.9. The molecule has 1 aliphatic heterocycles. The van der Waals surface area contributed by atoms with Crippen LogP contribution >= 0.6 is 0 Å². The van der Waals surface area contributed by atoms with Gasteiger partial charge >= 0.3 is 0 Å². The number of nitrogen functional groups attached to an aromatic ring is 1. The van der Waals surface area contributed by atoms with Crippen molar-refractivity contribution in [3.05, 3.63) is 12.4 Å². The average molecular weight is 284 g/mol. The fourth-order valence-electron chi connectivity index (χ4n) is 2.53. The summed E-state index contributed by atoms with van der Waals surface area (Å²) in [6.45, 7) is 3.40. The molecule has 1 fully saturated rings. The Balaban J connectivity index is 1.67. The Morgan fingerprint density at radius 1 is 1.40 bits per heavy atom. The molecule has 1 saturated heterocycles. The molecular formula is C13H24N4O3. The Hall–Kier alpha value is -1.15. The van der Waals surface area contributed by atoms with E-state index < -0.39 is 6.10 Å². The van der Waals surface area contributed by atoms with Crippen LogP contribution in [0, 0.1) is 0 Å². The van der Waals surface area contributed by atoms with Crippen LogP contribution < -0.4 is 5.73 Å². The highest BCUT2D eigenvalue weighted by molar-refractivity contribution is 5.30. The van der Waals surface area contributed by atoms with Gasteiger partial charge in [-0.3, -0.25) is 4.68 Å². The van der Waals surface area contributed by atoms with Crippen LogP contribution in [0.1, 0.15) is 12.8 Å². The molecular weight excluding hydrogens is 260 g/mol. The van der Waals surface area contributed by atoms with Crippen molar-refractivity contribution in [1.29, 1.82) is 0 Å². The van der Waals surface area contributed by atoms with Gasteiger partial charge in [0.2, 0.25) is 0 Å². The molecule has 114 valence electrons. The van der Waals surface area contributed by atoms with E-state index in [0.29, 0.717) is 25.4 Å². The van der Waals surface area contributed by atoms with E-state index >= 15 is 0 Å². The second-order valence-corrected chi connectivity index (χ2v) is 5.24. The first-order valence-electron chi connectivity index (χ1n) is 7.08. The van der Waals surface area contributed by atoms with Gasteiger partial charge in [0, 0.05) is 25.8 Å². The van der Waals surface area contributed by atoms with Gasteiger partial charge < -0.3 is 25.6 Å². The van der Waals surface area contributed by atoms with E-state index in [1.54, 1.807) is 17.1 Å². The summed E-state index contributed by atoms with van der Waals surface area (Å²) < 4.78 is 7.18. The lowest BCUT2D eigenvalue weighted by Gasteiger charge is -2.32. The van der Waals surface area contributed by atoms with Crippen molar-refractivity contribution >= 4 is 5.69 Å². The number of hydrogen-bond donors (Lipinski definition) is 3. The number of aliphatic hydroxyl groups is 2. The van der Waals surface area contributed by atoms with E-state index in [9.17, 15) is 5.11 Å². The van der Waals surface area contributed by atoms with E-state index in [1.807, 2.05) is 0 Å². The molecule has 1 atom stereocenters. The molecule has 0 spiro atoms. The Morgan fingerprint density at radius 2 is 2.15 bits per heavy atom. The first-order chi connectivity index (χ1) is 9.67. The van der Waals surface area contributed by atoms with Crippen LogP contribution in [-0.2, 0) is 11.3 Å². The molecule has 0 amide bonds. The van der Waals surface area contributed by atoms with E-state index in [1.165, 1.54) is 0 Å². The van der Waals surface area contributed by atoms with Crippen molar-refractivity contribution in [2.24, 2.45) is 0 Å². The van der Waals surface area contributed by atoms with Crippen molar-refractivity contribution in [2.75, 3.05) is 38.6 Å². The van der Waals surface area contributed by atoms with Gasteiger partial charge in [-0.05, 0) is 12.8 Å². The molecule has 7 nitrogen and oxygen atoms in total. The van der Waals surface area contributed by atoms with Gasteiger partial charge in [0.25, 0.3) is 0 Å². The van der Waals surface area contributed by atoms with Crippen LogP contribution in [0.3, 0.4) is 0 Å².